The Kier molecular flexibility index (Phi) is 8.07. The van der Waals surface area contributed by atoms with Crippen LogP contribution in [0.15, 0.2) is 48.5 Å². The van der Waals surface area contributed by atoms with E-state index < -0.39 is 0 Å². The summed E-state index contributed by atoms with van der Waals surface area (Å²) in [4.78, 5) is 23.4. The SMILES string of the molecule is CCCCCCOc1ccc(-c2ccc(C(=O)CC(=O)CC)cc2)cc1. The van der Waals surface area contributed by atoms with Crippen LogP contribution in [0.25, 0.3) is 11.1 Å². The van der Waals surface area contributed by atoms with Crippen LogP contribution in [0.2, 0.25) is 0 Å². The second-order valence-electron chi connectivity index (χ2n) is 6.50. The number of benzene rings is 2. The van der Waals surface area contributed by atoms with Crippen LogP contribution in [0.4, 0.5) is 0 Å². The lowest BCUT2D eigenvalue weighted by Crippen LogP contribution is -2.06. The molecule has 2 aromatic carbocycles. The number of unbranched alkanes of at least 4 members (excludes halogenated alkanes) is 3. The summed E-state index contributed by atoms with van der Waals surface area (Å²) in [7, 11) is 0. The first-order chi connectivity index (χ1) is 12.6. The second-order valence-corrected chi connectivity index (χ2v) is 6.50. The number of carbonyl (C=O) groups excluding carboxylic acids is 2. The second kappa shape index (κ2) is 10.5. The number of ether oxygens (including phenoxy) is 1. The maximum atomic E-state index is 12.0. The summed E-state index contributed by atoms with van der Waals surface area (Å²) in [6, 6.07) is 15.4. The van der Waals surface area contributed by atoms with Gasteiger partial charge >= 0.3 is 0 Å². The van der Waals surface area contributed by atoms with E-state index in [0.29, 0.717) is 12.0 Å². The molecular weight excluding hydrogens is 324 g/mol. The van der Waals surface area contributed by atoms with Crippen molar-refractivity contribution in [3.63, 3.8) is 0 Å². The van der Waals surface area contributed by atoms with Crippen LogP contribution >= 0.6 is 0 Å². The van der Waals surface area contributed by atoms with Crippen LogP contribution in [0.3, 0.4) is 0 Å². The predicted octanol–water partition coefficient (Wildman–Crippen LogP) is 5.86. The molecule has 0 fully saturated rings. The molecule has 0 N–H and O–H groups in total. The fourth-order valence-electron chi connectivity index (χ4n) is 2.72. The molecule has 0 bridgehead atoms. The zero-order valence-electron chi connectivity index (χ0n) is 15.8. The van der Waals surface area contributed by atoms with E-state index in [4.69, 9.17) is 4.74 Å². The average Bonchev–Trinajstić information content (AvgIpc) is 2.68. The quantitative estimate of drug-likeness (QED) is 0.289. The van der Waals surface area contributed by atoms with Crippen molar-refractivity contribution in [1.29, 1.82) is 0 Å². The van der Waals surface area contributed by atoms with Crippen molar-refractivity contribution in [2.24, 2.45) is 0 Å². The van der Waals surface area contributed by atoms with Crippen LogP contribution in [0.5, 0.6) is 5.75 Å². The fraction of sp³-hybridized carbons (Fsp3) is 0.391. The van der Waals surface area contributed by atoms with Crippen molar-refractivity contribution in [1.82, 2.24) is 0 Å². The van der Waals surface area contributed by atoms with Gasteiger partial charge in [0.1, 0.15) is 11.5 Å². The minimum Gasteiger partial charge on any atom is -0.494 e. The van der Waals surface area contributed by atoms with Crippen LogP contribution < -0.4 is 4.74 Å². The number of rotatable bonds is 11. The first-order valence-electron chi connectivity index (χ1n) is 9.52. The minimum atomic E-state index is -0.116. The largest absolute Gasteiger partial charge is 0.494 e. The smallest absolute Gasteiger partial charge is 0.170 e. The molecule has 138 valence electrons. The van der Waals surface area contributed by atoms with Gasteiger partial charge in [0.05, 0.1) is 13.0 Å². The first kappa shape index (κ1) is 19.9. The van der Waals surface area contributed by atoms with Gasteiger partial charge in [0.15, 0.2) is 5.78 Å². The molecule has 0 heterocycles. The number of ketones is 2. The van der Waals surface area contributed by atoms with Crippen LogP contribution in [0.1, 0.15) is 62.7 Å². The Morgan fingerprint density at radius 2 is 1.42 bits per heavy atom. The van der Waals surface area contributed by atoms with Gasteiger partial charge in [-0.2, -0.15) is 0 Å². The molecule has 0 unspecified atom stereocenters. The first-order valence-corrected chi connectivity index (χ1v) is 9.52. The van der Waals surface area contributed by atoms with E-state index in [9.17, 15) is 9.59 Å². The van der Waals surface area contributed by atoms with Crippen molar-refractivity contribution in [3.05, 3.63) is 54.1 Å². The van der Waals surface area contributed by atoms with Crippen molar-refractivity contribution < 1.29 is 14.3 Å². The third kappa shape index (κ3) is 6.14. The molecule has 0 amide bonds. The van der Waals surface area contributed by atoms with Crippen LogP contribution in [0, 0.1) is 0 Å². The highest BCUT2D eigenvalue weighted by Crippen LogP contribution is 2.23. The molecule has 26 heavy (non-hydrogen) atoms. The van der Waals surface area contributed by atoms with Crippen molar-refractivity contribution in [3.8, 4) is 16.9 Å². The Balaban J connectivity index is 1.92. The molecule has 0 aliphatic heterocycles. The van der Waals surface area contributed by atoms with E-state index >= 15 is 0 Å². The van der Waals surface area contributed by atoms with E-state index in [0.717, 1.165) is 29.9 Å². The van der Waals surface area contributed by atoms with Gasteiger partial charge in [-0.15, -0.1) is 0 Å². The summed E-state index contributed by atoms with van der Waals surface area (Å²) in [5.41, 5.74) is 2.70. The molecule has 0 aliphatic carbocycles. The Bertz CT molecular complexity index is 699. The minimum absolute atomic E-state index is 0.0138. The number of hydrogen-bond acceptors (Lipinski definition) is 3. The Morgan fingerprint density at radius 1 is 0.808 bits per heavy atom. The average molecular weight is 352 g/mol. The topological polar surface area (TPSA) is 43.4 Å². The molecule has 3 heteroatoms. The molecule has 0 saturated carbocycles. The van der Waals surface area contributed by atoms with Gasteiger partial charge in [-0.05, 0) is 29.7 Å². The van der Waals surface area contributed by atoms with Crippen molar-refractivity contribution >= 4 is 11.6 Å². The highest BCUT2D eigenvalue weighted by Gasteiger charge is 2.10. The standard InChI is InChI=1S/C23H28O3/c1-3-5-6-7-16-26-22-14-12-19(13-15-22)18-8-10-20(11-9-18)23(25)17-21(24)4-2/h8-15H,3-7,16-17H2,1-2H3. The van der Waals surface area contributed by atoms with E-state index in [2.05, 4.69) is 6.92 Å². The van der Waals surface area contributed by atoms with Gasteiger partial charge in [0.2, 0.25) is 0 Å². The van der Waals surface area contributed by atoms with E-state index in [1.54, 1.807) is 19.1 Å². The Hall–Kier alpha value is -2.42. The fourth-order valence-corrected chi connectivity index (χ4v) is 2.72. The summed E-state index contributed by atoms with van der Waals surface area (Å²) < 4.78 is 5.76. The number of Topliss-reactive ketones (excluding diaryl/α,β-unsaturated/α-hetero) is 2. The third-order valence-electron chi connectivity index (χ3n) is 4.41. The van der Waals surface area contributed by atoms with Crippen LogP contribution in [-0.4, -0.2) is 18.2 Å². The van der Waals surface area contributed by atoms with Gasteiger partial charge < -0.3 is 4.74 Å². The Morgan fingerprint density at radius 3 is 2.00 bits per heavy atom. The maximum Gasteiger partial charge on any atom is 0.170 e. The predicted molar refractivity (Wildman–Crippen MR) is 106 cm³/mol. The van der Waals surface area contributed by atoms with Gasteiger partial charge in [-0.3, -0.25) is 9.59 Å². The van der Waals surface area contributed by atoms with E-state index in [1.165, 1.54) is 19.3 Å². The zero-order valence-corrected chi connectivity index (χ0v) is 15.8. The van der Waals surface area contributed by atoms with Crippen LogP contribution in [-0.2, 0) is 4.79 Å². The zero-order chi connectivity index (χ0) is 18.8. The number of carbonyl (C=O) groups is 2. The summed E-state index contributed by atoms with van der Waals surface area (Å²) in [5, 5.41) is 0. The van der Waals surface area contributed by atoms with Crippen molar-refractivity contribution in [2.75, 3.05) is 6.61 Å². The molecule has 2 rings (SSSR count). The highest BCUT2D eigenvalue weighted by molar-refractivity contribution is 6.08. The summed E-state index contributed by atoms with van der Waals surface area (Å²) in [6.07, 6.45) is 5.17. The molecule has 2 aromatic rings. The summed E-state index contributed by atoms with van der Waals surface area (Å²) in [6.45, 7) is 4.73. The lowest BCUT2D eigenvalue weighted by Gasteiger charge is -2.08. The molecule has 0 spiro atoms. The molecule has 3 nitrogen and oxygen atoms in total. The van der Waals surface area contributed by atoms with Gasteiger partial charge in [-0.25, -0.2) is 0 Å². The Labute approximate surface area is 156 Å². The third-order valence-corrected chi connectivity index (χ3v) is 4.41. The lowest BCUT2D eigenvalue weighted by molar-refractivity contribution is -0.117. The molecule has 0 radical (unpaired) electrons. The summed E-state index contributed by atoms with van der Waals surface area (Å²) >= 11 is 0. The lowest BCUT2D eigenvalue weighted by atomic mass is 10.0. The maximum absolute atomic E-state index is 12.0. The van der Waals surface area contributed by atoms with Gasteiger partial charge in [-0.1, -0.05) is 69.5 Å². The summed E-state index contributed by atoms with van der Waals surface area (Å²) in [5.74, 6) is 0.745. The molecule has 0 aliphatic rings. The highest BCUT2D eigenvalue weighted by atomic mass is 16.5. The normalized spacial score (nSPS) is 10.5. The molecular formula is C23H28O3. The number of hydrogen-bond donors (Lipinski definition) is 0. The molecule has 0 saturated heterocycles. The molecule has 0 aromatic heterocycles. The van der Waals surface area contributed by atoms with E-state index in [1.807, 2.05) is 36.4 Å². The van der Waals surface area contributed by atoms with Crippen molar-refractivity contribution in [2.45, 2.75) is 52.4 Å². The monoisotopic (exact) mass is 352 g/mol. The van der Waals surface area contributed by atoms with E-state index in [-0.39, 0.29) is 18.0 Å². The van der Waals surface area contributed by atoms with Gasteiger partial charge in [0, 0.05) is 12.0 Å². The van der Waals surface area contributed by atoms with Gasteiger partial charge in [0.25, 0.3) is 0 Å². The molecule has 0 atom stereocenters.